The smallest absolute Gasteiger partial charge is 0.417 e. The molecule has 2 aromatic rings. The predicted octanol–water partition coefficient (Wildman–Crippen LogP) is 5.12. The van der Waals surface area contributed by atoms with Crippen molar-refractivity contribution >= 4 is 22.6 Å². The molecule has 0 saturated carbocycles. The highest BCUT2D eigenvalue weighted by Crippen LogP contribution is 2.42. The second-order valence-corrected chi connectivity index (χ2v) is 5.17. The summed E-state index contributed by atoms with van der Waals surface area (Å²) in [5.74, 6) is -0.383. The van der Waals surface area contributed by atoms with E-state index in [1.165, 1.54) is 31.4 Å². The normalized spacial score (nSPS) is 11.5. The van der Waals surface area contributed by atoms with Gasteiger partial charge in [-0.2, -0.15) is 13.2 Å². The molecule has 2 rings (SSSR count). The van der Waals surface area contributed by atoms with Crippen molar-refractivity contribution in [1.82, 2.24) is 0 Å². The van der Waals surface area contributed by atoms with E-state index in [9.17, 15) is 17.6 Å². The Balaban J connectivity index is 2.75. The first-order chi connectivity index (χ1) is 9.34. The molecule has 0 radical (unpaired) electrons. The molecule has 0 fully saturated rings. The minimum Gasteiger partial charge on any atom is -0.495 e. The summed E-state index contributed by atoms with van der Waals surface area (Å²) >= 11 is 1.82. The molecule has 0 spiro atoms. The van der Waals surface area contributed by atoms with Gasteiger partial charge in [0, 0.05) is 5.56 Å². The summed E-state index contributed by atoms with van der Waals surface area (Å²) in [7, 11) is 1.34. The van der Waals surface area contributed by atoms with Crippen molar-refractivity contribution in [3.05, 3.63) is 51.3 Å². The lowest BCUT2D eigenvalue weighted by atomic mass is 9.98. The zero-order chi connectivity index (χ0) is 14.9. The second kappa shape index (κ2) is 5.59. The fraction of sp³-hybridized carbons (Fsp3) is 0.143. The van der Waals surface area contributed by atoms with Crippen LogP contribution in [0.15, 0.2) is 36.4 Å². The molecule has 0 bridgehead atoms. The van der Waals surface area contributed by atoms with Crippen LogP contribution in [0.2, 0.25) is 0 Å². The van der Waals surface area contributed by atoms with Gasteiger partial charge in [0.05, 0.1) is 16.2 Å². The van der Waals surface area contributed by atoms with E-state index in [0.717, 1.165) is 12.1 Å². The van der Waals surface area contributed by atoms with Gasteiger partial charge in [0.1, 0.15) is 11.6 Å². The second-order valence-electron chi connectivity index (χ2n) is 4.01. The number of ether oxygens (including phenoxy) is 1. The van der Waals surface area contributed by atoms with Gasteiger partial charge in [-0.25, -0.2) is 4.39 Å². The van der Waals surface area contributed by atoms with Crippen molar-refractivity contribution in [3.8, 4) is 16.9 Å². The van der Waals surface area contributed by atoms with Gasteiger partial charge in [-0.05, 0) is 46.4 Å². The molecule has 6 heteroatoms. The summed E-state index contributed by atoms with van der Waals surface area (Å²) in [6.45, 7) is 0. The number of halogens is 5. The number of benzene rings is 2. The molecule has 0 N–H and O–H groups in total. The van der Waals surface area contributed by atoms with E-state index >= 15 is 0 Å². The molecule has 0 amide bonds. The lowest BCUT2D eigenvalue weighted by Crippen LogP contribution is -2.07. The van der Waals surface area contributed by atoms with E-state index in [0.29, 0.717) is 3.57 Å². The van der Waals surface area contributed by atoms with Gasteiger partial charge in [-0.3, -0.25) is 0 Å². The molecule has 20 heavy (non-hydrogen) atoms. The molecule has 1 nitrogen and oxygen atoms in total. The van der Waals surface area contributed by atoms with Crippen molar-refractivity contribution in [3.63, 3.8) is 0 Å². The molecule has 0 unspecified atom stereocenters. The maximum atomic E-state index is 13.5. The molecule has 106 valence electrons. The molecule has 0 heterocycles. The SMILES string of the molecule is COc1c(I)cc(F)cc1-c1ccccc1C(F)(F)F. The van der Waals surface area contributed by atoms with Crippen molar-refractivity contribution in [1.29, 1.82) is 0 Å². The van der Waals surface area contributed by atoms with Crippen LogP contribution in [-0.2, 0) is 6.18 Å². The molecule has 0 aliphatic heterocycles. The number of hydrogen-bond donors (Lipinski definition) is 0. The fourth-order valence-electron chi connectivity index (χ4n) is 1.93. The lowest BCUT2D eigenvalue weighted by molar-refractivity contribution is -0.137. The average Bonchev–Trinajstić information content (AvgIpc) is 2.37. The highest BCUT2D eigenvalue weighted by molar-refractivity contribution is 14.1. The number of hydrogen-bond acceptors (Lipinski definition) is 1. The zero-order valence-corrected chi connectivity index (χ0v) is 12.4. The van der Waals surface area contributed by atoms with Gasteiger partial charge in [0.25, 0.3) is 0 Å². The zero-order valence-electron chi connectivity index (χ0n) is 10.3. The summed E-state index contributed by atoms with van der Waals surface area (Å²) < 4.78 is 58.1. The molecule has 0 aromatic heterocycles. The summed E-state index contributed by atoms with van der Waals surface area (Å²) in [6, 6.07) is 7.29. The highest BCUT2D eigenvalue weighted by atomic mass is 127. The van der Waals surface area contributed by atoms with E-state index in [4.69, 9.17) is 4.74 Å². The van der Waals surface area contributed by atoms with Crippen LogP contribution in [0.5, 0.6) is 5.75 Å². The van der Waals surface area contributed by atoms with Crippen LogP contribution in [0, 0.1) is 9.39 Å². The quantitative estimate of drug-likeness (QED) is 0.506. The topological polar surface area (TPSA) is 9.23 Å². The maximum Gasteiger partial charge on any atom is 0.417 e. The number of alkyl halides is 3. The van der Waals surface area contributed by atoms with Crippen LogP contribution in [0.3, 0.4) is 0 Å². The summed E-state index contributed by atoms with van der Waals surface area (Å²) in [5.41, 5.74) is -0.834. The Bertz CT molecular complexity index is 638. The lowest BCUT2D eigenvalue weighted by Gasteiger charge is -2.16. The third kappa shape index (κ3) is 2.89. The molecule has 0 saturated heterocycles. The van der Waals surface area contributed by atoms with E-state index in [2.05, 4.69) is 0 Å². The third-order valence-corrected chi connectivity index (χ3v) is 3.54. The summed E-state index contributed by atoms with van der Waals surface area (Å²) in [4.78, 5) is 0. The van der Waals surface area contributed by atoms with Gasteiger partial charge < -0.3 is 4.74 Å². The summed E-state index contributed by atoms with van der Waals surface area (Å²) in [5, 5.41) is 0. The monoisotopic (exact) mass is 396 g/mol. The van der Waals surface area contributed by atoms with E-state index in [1.54, 1.807) is 0 Å². The molecular weight excluding hydrogens is 387 g/mol. The minimum atomic E-state index is -4.51. The highest BCUT2D eigenvalue weighted by Gasteiger charge is 2.34. The van der Waals surface area contributed by atoms with Gasteiger partial charge >= 0.3 is 6.18 Å². The Hall–Kier alpha value is -1.31. The van der Waals surface area contributed by atoms with Crippen LogP contribution >= 0.6 is 22.6 Å². The fourth-order valence-corrected chi connectivity index (χ4v) is 2.74. The number of rotatable bonds is 2. The van der Waals surface area contributed by atoms with E-state index < -0.39 is 17.6 Å². The van der Waals surface area contributed by atoms with Crippen molar-refractivity contribution < 1.29 is 22.3 Å². The Morgan fingerprint density at radius 1 is 1.05 bits per heavy atom. The van der Waals surface area contributed by atoms with Gasteiger partial charge in [0.15, 0.2) is 0 Å². The first-order valence-corrected chi connectivity index (χ1v) is 6.62. The standard InChI is InChI=1S/C14H9F4IO/c1-20-13-10(6-8(15)7-12(13)19)9-4-2-3-5-11(9)14(16,17)18/h2-7H,1H3. The van der Waals surface area contributed by atoms with Gasteiger partial charge in [-0.15, -0.1) is 0 Å². The average molecular weight is 396 g/mol. The molecule has 0 atom stereocenters. The van der Waals surface area contributed by atoms with Crippen molar-refractivity contribution in [2.45, 2.75) is 6.18 Å². The Labute approximate surface area is 126 Å². The van der Waals surface area contributed by atoms with Crippen molar-refractivity contribution in [2.75, 3.05) is 7.11 Å². The van der Waals surface area contributed by atoms with Crippen molar-refractivity contribution in [2.24, 2.45) is 0 Å². The van der Waals surface area contributed by atoms with Crippen LogP contribution in [0.25, 0.3) is 11.1 Å². The maximum absolute atomic E-state index is 13.5. The first kappa shape index (κ1) is 15.1. The number of methoxy groups -OCH3 is 1. The molecular formula is C14H9F4IO. The van der Waals surface area contributed by atoms with Crippen LogP contribution in [-0.4, -0.2) is 7.11 Å². The van der Waals surface area contributed by atoms with E-state index in [-0.39, 0.29) is 16.9 Å². The van der Waals surface area contributed by atoms with Gasteiger partial charge in [0.2, 0.25) is 0 Å². The molecule has 0 aliphatic carbocycles. The van der Waals surface area contributed by atoms with Gasteiger partial charge in [-0.1, -0.05) is 18.2 Å². The van der Waals surface area contributed by atoms with Crippen LogP contribution < -0.4 is 4.74 Å². The molecule has 2 aromatic carbocycles. The minimum absolute atomic E-state index is 0.0878. The largest absolute Gasteiger partial charge is 0.495 e. The van der Waals surface area contributed by atoms with Crippen LogP contribution in [0.4, 0.5) is 17.6 Å². The summed E-state index contributed by atoms with van der Waals surface area (Å²) in [6.07, 6.45) is -4.51. The Morgan fingerprint density at radius 3 is 2.30 bits per heavy atom. The third-order valence-electron chi connectivity index (χ3n) is 2.74. The Kier molecular flexibility index (Phi) is 4.22. The Morgan fingerprint density at radius 2 is 1.70 bits per heavy atom. The first-order valence-electron chi connectivity index (χ1n) is 5.54. The van der Waals surface area contributed by atoms with Crippen LogP contribution in [0.1, 0.15) is 5.56 Å². The predicted molar refractivity (Wildman–Crippen MR) is 76.1 cm³/mol. The van der Waals surface area contributed by atoms with E-state index in [1.807, 2.05) is 22.6 Å². The molecule has 0 aliphatic rings.